The molecule has 10 aromatic rings. The summed E-state index contributed by atoms with van der Waals surface area (Å²) in [6.45, 7) is 0. The molecule has 10 rings (SSSR count). The highest BCUT2D eigenvalue weighted by atomic mass is 15.1. The van der Waals surface area contributed by atoms with Crippen LogP contribution in [0.1, 0.15) is 16.4 Å². The maximum atomic E-state index is 9.73. The number of benzene rings is 8. The van der Waals surface area contributed by atoms with E-state index in [-0.39, 0.29) is 33.3 Å². The maximum Gasteiger partial charge on any atom is 0.166 e. The van der Waals surface area contributed by atoms with Gasteiger partial charge in [0, 0.05) is 27.5 Å². The van der Waals surface area contributed by atoms with E-state index in [4.69, 9.17) is 24.5 Å². The van der Waals surface area contributed by atoms with E-state index in [1.807, 2.05) is 109 Å². The summed E-state index contributed by atoms with van der Waals surface area (Å²) in [6.07, 6.45) is 0. The van der Waals surface area contributed by atoms with Crippen LogP contribution in [0.15, 0.2) is 194 Å². The molecule has 0 N–H and O–H groups in total. The summed E-state index contributed by atoms with van der Waals surface area (Å²) < 4.78 is 109. The van der Waals surface area contributed by atoms with E-state index in [9.17, 15) is 6.85 Å². The van der Waals surface area contributed by atoms with Gasteiger partial charge in [-0.2, -0.15) is 0 Å². The number of fused-ring (bicyclic) bond motifs is 4. The van der Waals surface area contributed by atoms with Crippen LogP contribution >= 0.6 is 0 Å². The molecule has 8 aromatic carbocycles. The van der Waals surface area contributed by atoms with E-state index in [1.54, 1.807) is 12.1 Å². The van der Waals surface area contributed by atoms with Gasteiger partial charge in [0.25, 0.3) is 0 Å². The van der Waals surface area contributed by atoms with Crippen molar-refractivity contribution in [3.8, 4) is 62.1 Å². The highest BCUT2D eigenvalue weighted by molar-refractivity contribution is 6.11. The van der Waals surface area contributed by atoms with Gasteiger partial charge in [-0.1, -0.05) is 158 Å². The first kappa shape index (κ1) is 20.6. The Morgan fingerprint density at radius 3 is 1.75 bits per heavy atom. The van der Waals surface area contributed by atoms with E-state index < -0.39 is 83.6 Å². The van der Waals surface area contributed by atoms with Crippen molar-refractivity contribution in [2.75, 3.05) is 0 Å². The Bertz CT molecular complexity index is 3550. The van der Waals surface area contributed by atoms with Crippen LogP contribution in [0, 0.1) is 0 Å². The predicted molar refractivity (Wildman–Crippen MR) is 219 cm³/mol. The zero-order valence-corrected chi connectivity index (χ0v) is 27.8. The third-order valence-electron chi connectivity index (χ3n) is 9.17. The molecule has 0 atom stereocenters. The van der Waals surface area contributed by atoms with E-state index in [0.29, 0.717) is 33.9 Å². The highest BCUT2D eigenvalue weighted by Crippen LogP contribution is 2.40. The van der Waals surface area contributed by atoms with Crippen molar-refractivity contribution in [3.05, 3.63) is 194 Å². The molecule has 4 nitrogen and oxygen atoms in total. The monoisotopic (exact) mass is 688 g/mol. The van der Waals surface area contributed by atoms with Gasteiger partial charge in [-0.3, -0.25) is 0 Å². The van der Waals surface area contributed by atoms with Crippen LogP contribution in [0.2, 0.25) is 0 Å². The summed E-state index contributed by atoms with van der Waals surface area (Å²) in [4.78, 5) is 14.9. The van der Waals surface area contributed by atoms with Gasteiger partial charge in [-0.05, 0) is 69.4 Å². The van der Waals surface area contributed by atoms with E-state index in [1.165, 1.54) is 4.57 Å². The van der Waals surface area contributed by atoms with Crippen LogP contribution in [0.25, 0.3) is 94.7 Å². The van der Waals surface area contributed by atoms with Gasteiger partial charge in [0.2, 0.25) is 0 Å². The van der Waals surface area contributed by atoms with Crippen LogP contribution in [0.5, 0.6) is 0 Å². The number of nitrogens with zero attached hydrogens (tertiary/aromatic N) is 4. The molecule has 2 aromatic heterocycles. The summed E-state index contributed by atoms with van der Waals surface area (Å²) >= 11 is 0. The Hall–Kier alpha value is -7.17. The van der Waals surface area contributed by atoms with Crippen molar-refractivity contribution in [2.45, 2.75) is 0 Å². The zero-order chi connectivity index (χ0) is 45.6. The number of aromatic nitrogens is 4. The molecule has 0 radical (unpaired) electrons. The molecule has 0 unspecified atom stereocenters. The minimum absolute atomic E-state index is 0.122. The van der Waals surface area contributed by atoms with Crippen molar-refractivity contribution < 1.29 is 16.4 Å². The third kappa shape index (κ3) is 5.54. The van der Waals surface area contributed by atoms with Gasteiger partial charge in [-0.15, -0.1) is 0 Å². The fourth-order valence-corrected chi connectivity index (χ4v) is 6.64. The molecule has 0 aliphatic heterocycles. The van der Waals surface area contributed by atoms with Crippen LogP contribution in [-0.4, -0.2) is 19.5 Å². The molecule has 53 heavy (non-hydrogen) atoms. The Morgan fingerprint density at radius 1 is 0.396 bits per heavy atom. The van der Waals surface area contributed by atoms with Crippen molar-refractivity contribution >= 4 is 32.6 Å². The lowest BCUT2D eigenvalue weighted by Crippen LogP contribution is -2.04. The first-order valence-corrected chi connectivity index (χ1v) is 16.9. The number of rotatable bonds is 6. The molecule has 2 heterocycles. The molecule has 0 aliphatic carbocycles. The quantitative estimate of drug-likeness (QED) is 0.175. The standard InChI is InChI=1S/C49H32N4/c1-4-14-33(15-5-1)39-27-29-45-43(31-39)41-22-12-13-23-44(41)53(45)46-32-40(38-25-24-34-16-10-11-21-37(34)30-38)26-28-42(46)49-51-47(35-17-6-2-7-18-35)50-48(52-49)36-19-8-3-9-20-36/h1-32H/i1D,4D,5D,12D,13D,14D,15D,22D,23D,27D,29D,31D. The second-order valence-electron chi connectivity index (χ2n) is 12.4. The molecule has 248 valence electrons. The molecule has 0 bridgehead atoms. The first-order valence-electron chi connectivity index (χ1n) is 22.9. The zero-order valence-electron chi connectivity index (χ0n) is 39.8. The van der Waals surface area contributed by atoms with Gasteiger partial charge in [0.1, 0.15) is 0 Å². The maximum absolute atomic E-state index is 9.73. The number of hydrogen-bond donors (Lipinski definition) is 0. The largest absolute Gasteiger partial charge is 0.308 e. The van der Waals surface area contributed by atoms with E-state index in [2.05, 4.69) is 0 Å². The molecule has 0 amide bonds. The SMILES string of the molecule is [2H]c1c([2H])c([2H])c(-c2c([2H])c([2H])c3c(c2[2H])c2c([2H])c([2H])c([2H])c([2H])c2n3-c2cc(-c3ccc4ccccc4c3)ccc2-c2nc(-c3ccccc3)nc(-c3ccccc3)n2)c([2H])c1[2H]. The van der Waals surface area contributed by atoms with E-state index >= 15 is 0 Å². The molecule has 4 heteroatoms. The lowest BCUT2D eigenvalue weighted by atomic mass is 9.98. The molecule has 0 saturated heterocycles. The normalized spacial score (nSPS) is 14.6. The van der Waals surface area contributed by atoms with Gasteiger partial charge >= 0.3 is 0 Å². The van der Waals surface area contributed by atoms with Crippen molar-refractivity contribution in [2.24, 2.45) is 0 Å². The fraction of sp³-hybridized carbons (Fsp3) is 0. The molecule has 0 fully saturated rings. The fourth-order valence-electron chi connectivity index (χ4n) is 6.64. The van der Waals surface area contributed by atoms with Crippen molar-refractivity contribution in [3.63, 3.8) is 0 Å². The molecule has 0 saturated carbocycles. The average molecular weight is 689 g/mol. The molecular formula is C49H32N4. The van der Waals surface area contributed by atoms with Crippen molar-refractivity contribution in [1.82, 2.24) is 19.5 Å². The summed E-state index contributed by atoms with van der Waals surface area (Å²) in [5.41, 5.74) is 2.26. The molecule has 0 aliphatic rings. The van der Waals surface area contributed by atoms with Gasteiger partial charge < -0.3 is 4.57 Å². The third-order valence-corrected chi connectivity index (χ3v) is 9.17. The predicted octanol–water partition coefficient (Wildman–Crippen LogP) is 12.5. The second-order valence-corrected chi connectivity index (χ2v) is 12.4. The minimum Gasteiger partial charge on any atom is -0.308 e. The summed E-state index contributed by atoms with van der Waals surface area (Å²) in [6, 6.07) is 30.5. The Kier molecular flexibility index (Phi) is 5.00. The summed E-state index contributed by atoms with van der Waals surface area (Å²) in [7, 11) is 0. The van der Waals surface area contributed by atoms with Crippen molar-refractivity contribution in [1.29, 1.82) is 0 Å². The first-order chi connectivity index (χ1) is 31.3. The van der Waals surface area contributed by atoms with Crippen LogP contribution in [-0.2, 0) is 0 Å². The lowest BCUT2D eigenvalue weighted by molar-refractivity contribution is 1.06. The number of hydrogen-bond acceptors (Lipinski definition) is 3. The van der Waals surface area contributed by atoms with E-state index in [0.717, 1.165) is 16.3 Å². The van der Waals surface area contributed by atoms with Crippen LogP contribution < -0.4 is 0 Å². The molecular weight excluding hydrogens is 645 g/mol. The number of para-hydroxylation sites is 1. The van der Waals surface area contributed by atoms with Crippen LogP contribution in [0.4, 0.5) is 0 Å². The topological polar surface area (TPSA) is 43.6 Å². The van der Waals surface area contributed by atoms with Gasteiger partial charge in [0.15, 0.2) is 17.5 Å². The smallest absolute Gasteiger partial charge is 0.166 e. The summed E-state index contributed by atoms with van der Waals surface area (Å²) in [5.74, 6) is 0.858. The minimum atomic E-state index is -0.701. The van der Waals surface area contributed by atoms with Gasteiger partial charge in [0.05, 0.1) is 33.2 Å². The lowest BCUT2D eigenvalue weighted by Gasteiger charge is -2.17. The van der Waals surface area contributed by atoms with Crippen LogP contribution in [0.3, 0.4) is 0 Å². The Balaban J connectivity index is 1.38. The van der Waals surface area contributed by atoms with Gasteiger partial charge in [-0.25, -0.2) is 15.0 Å². The second kappa shape index (κ2) is 12.9. The highest BCUT2D eigenvalue weighted by Gasteiger charge is 2.21. The Morgan fingerprint density at radius 2 is 1.00 bits per heavy atom. The average Bonchev–Trinajstić information content (AvgIpc) is 3.71. The molecule has 0 spiro atoms. The Labute approximate surface area is 324 Å². The summed E-state index contributed by atoms with van der Waals surface area (Å²) in [5, 5.41) is 1.64.